The van der Waals surface area contributed by atoms with Crippen molar-refractivity contribution in [1.82, 2.24) is 15.4 Å². The fourth-order valence-corrected chi connectivity index (χ4v) is 0.543. The lowest BCUT2D eigenvalue weighted by Crippen LogP contribution is -2.35. The summed E-state index contributed by atoms with van der Waals surface area (Å²) in [4.78, 5) is 27.3. The quantitative estimate of drug-likeness (QED) is 0.424. The number of carboxylic acid groups (broad SMARTS) is 1. The van der Waals surface area contributed by atoms with Crippen LogP contribution in [0.5, 0.6) is 0 Å². The summed E-state index contributed by atoms with van der Waals surface area (Å²) in [6.45, 7) is 0. The molecule has 1 heterocycles. The Labute approximate surface area is 77.0 Å². The molecule has 1 amide bonds. The van der Waals surface area contributed by atoms with Gasteiger partial charge < -0.3 is 5.11 Å². The van der Waals surface area contributed by atoms with Crippen LogP contribution in [0, 0.1) is 5.82 Å². The summed E-state index contributed by atoms with van der Waals surface area (Å²) in [5.41, 5.74) is 3.87. The molecule has 0 bridgehead atoms. The van der Waals surface area contributed by atoms with E-state index in [1.807, 2.05) is 0 Å². The van der Waals surface area contributed by atoms with Crippen molar-refractivity contribution in [2.45, 2.75) is 0 Å². The second-order valence-corrected chi connectivity index (χ2v) is 2.11. The van der Waals surface area contributed by atoms with E-state index in [2.05, 4.69) is 15.4 Å². The molecule has 0 atom stereocenters. The molecule has 8 heteroatoms. The van der Waals surface area contributed by atoms with E-state index < -0.39 is 17.7 Å². The van der Waals surface area contributed by atoms with E-state index in [4.69, 9.17) is 5.11 Å². The van der Waals surface area contributed by atoms with Crippen LogP contribution in [0.2, 0.25) is 0 Å². The van der Waals surface area contributed by atoms with Crippen LogP contribution in [0.25, 0.3) is 0 Å². The first-order valence-electron chi connectivity index (χ1n) is 3.36. The molecule has 0 unspecified atom stereocenters. The second kappa shape index (κ2) is 4.12. The monoisotopic (exact) mass is 200 g/mol. The van der Waals surface area contributed by atoms with Crippen molar-refractivity contribution in [3.05, 3.63) is 18.2 Å². The van der Waals surface area contributed by atoms with Crippen LogP contribution in [-0.2, 0) is 9.59 Å². The Balaban J connectivity index is 2.50. The number of hydrogen-bond donors (Lipinski definition) is 3. The van der Waals surface area contributed by atoms with E-state index >= 15 is 0 Å². The fourth-order valence-electron chi connectivity index (χ4n) is 0.543. The van der Waals surface area contributed by atoms with Crippen LogP contribution in [0.1, 0.15) is 0 Å². The topological polar surface area (TPSA) is 104 Å². The van der Waals surface area contributed by atoms with Crippen LogP contribution in [0.3, 0.4) is 0 Å². The predicted octanol–water partition coefficient (Wildman–Crippen LogP) is -0.857. The molecule has 0 aliphatic rings. The zero-order valence-corrected chi connectivity index (χ0v) is 6.69. The minimum atomic E-state index is -1.65. The Bertz CT molecular complexity index is 353. The molecule has 0 spiro atoms. The minimum absolute atomic E-state index is 0.110. The van der Waals surface area contributed by atoms with Gasteiger partial charge in [0.15, 0.2) is 5.82 Å². The van der Waals surface area contributed by atoms with Gasteiger partial charge in [0.1, 0.15) is 0 Å². The number of amides is 1. The molecule has 1 aromatic rings. The molecule has 0 aliphatic carbocycles. The van der Waals surface area contributed by atoms with E-state index in [9.17, 15) is 14.0 Å². The van der Waals surface area contributed by atoms with E-state index in [0.29, 0.717) is 0 Å². The Kier molecular flexibility index (Phi) is 2.89. The van der Waals surface area contributed by atoms with Crippen molar-refractivity contribution in [1.29, 1.82) is 0 Å². The van der Waals surface area contributed by atoms with Gasteiger partial charge >= 0.3 is 11.9 Å². The van der Waals surface area contributed by atoms with Gasteiger partial charge in [0.2, 0.25) is 5.95 Å². The zero-order chi connectivity index (χ0) is 10.6. The standard InChI is InChI=1S/C6H5FN4O3/c7-3-1-8-6(9-2-3)11-10-4(12)5(13)14/h1-2H,(H,10,12)(H,13,14)(H,8,9,11). The van der Waals surface area contributed by atoms with Crippen molar-refractivity contribution in [2.75, 3.05) is 5.43 Å². The summed E-state index contributed by atoms with van der Waals surface area (Å²) in [5, 5.41) is 8.15. The van der Waals surface area contributed by atoms with E-state index in [-0.39, 0.29) is 5.95 Å². The number of halogens is 1. The number of carboxylic acids is 1. The predicted molar refractivity (Wildman–Crippen MR) is 41.4 cm³/mol. The average molecular weight is 200 g/mol. The molecule has 3 N–H and O–H groups in total. The highest BCUT2D eigenvalue weighted by atomic mass is 19.1. The molecule has 1 aromatic heterocycles. The Morgan fingerprint density at radius 3 is 2.43 bits per heavy atom. The highest BCUT2D eigenvalue weighted by Gasteiger charge is 2.09. The molecule has 1 rings (SSSR count). The van der Waals surface area contributed by atoms with Gasteiger partial charge in [-0.25, -0.2) is 19.2 Å². The van der Waals surface area contributed by atoms with Crippen molar-refractivity contribution in [2.24, 2.45) is 0 Å². The highest BCUT2D eigenvalue weighted by Crippen LogP contribution is 1.95. The summed E-state index contributed by atoms with van der Waals surface area (Å²) >= 11 is 0. The molecule has 74 valence electrons. The molecule has 0 fully saturated rings. The van der Waals surface area contributed by atoms with Gasteiger partial charge in [-0.3, -0.25) is 15.6 Å². The largest absolute Gasteiger partial charge is 0.474 e. The van der Waals surface area contributed by atoms with Gasteiger partial charge in [-0.05, 0) is 0 Å². The van der Waals surface area contributed by atoms with Gasteiger partial charge in [-0.15, -0.1) is 0 Å². The molecule has 0 saturated carbocycles. The Morgan fingerprint density at radius 1 is 1.36 bits per heavy atom. The molecular formula is C6H5FN4O3. The number of rotatable bonds is 2. The summed E-state index contributed by atoms with van der Waals surface area (Å²) in [7, 11) is 0. The average Bonchev–Trinajstić information content (AvgIpc) is 2.16. The Morgan fingerprint density at radius 2 is 1.93 bits per heavy atom. The fraction of sp³-hybridized carbons (Fsp3) is 0. The van der Waals surface area contributed by atoms with Crippen molar-refractivity contribution < 1.29 is 19.1 Å². The van der Waals surface area contributed by atoms with E-state index in [1.165, 1.54) is 0 Å². The maximum absolute atomic E-state index is 12.3. The summed E-state index contributed by atoms with van der Waals surface area (Å²) in [5.74, 6) is -3.67. The number of aliphatic carboxylic acids is 1. The van der Waals surface area contributed by atoms with Crippen LogP contribution in [-0.4, -0.2) is 27.0 Å². The number of anilines is 1. The maximum atomic E-state index is 12.3. The van der Waals surface area contributed by atoms with E-state index in [0.717, 1.165) is 12.4 Å². The normalized spacial score (nSPS) is 9.21. The first-order valence-corrected chi connectivity index (χ1v) is 3.36. The SMILES string of the molecule is O=C(O)C(=O)NNc1ncc(F)cn1. The van der Waals surface area contributed by atoms with Crippen molar-refractivity contribution >= 4 is 17.8 Å². The summed E-state index contributed by atoms with van der Waals surface area (Å²) in [6, 6.07) is 0. The number of nitrogens with zero attached hydrogens (tertiary/aromatic N) is 2. The smallest absolute Gasteiger partial charge is 0.396 e. The highest BCUT2D eigenvalue weighted by molar-refractivity contribution is 6.31. The lowest BCUT2D eigenvalue weighted by molar-refractivity contribution is -0.149. The third-order valence-electron chi connectivity index (χ3n) is 1.10. The number of hydrazine groups is 1. The van der Waals surface area contributed by atoms with Crippen molar-refractivity contribution in [3.8, 4) is 0 Å². The minimum Gasteiger partial charge on any atom is -0.474 e. The van der Waals surface area contributed by atoms with E-state index in [1.54, 1.807) is 5.43 Å². The van der Waals surface area contributed by atoms with Crippen LogP contribution in [0.15, 0.2) is 12.4 Å². The summed E-state index contributed by atoms with van der Waals surface area (Å²) in [6.07, 6.45) is 1.73. The lowest BCUT2D eigenvalue weighted by Gasteiger charge is -2.02. The van der Waals surface area contributed by atoms with Gasteiger partial charge in [-0.1, -0.05) is 0 Å². The number of aromatic nitrogens is 2. The molecular weight excluding hydrogens is 195 g/mol. The summed E-state index contributed by atoms with van der Waals surface area (Å²) < 4.78 is 12.3. The second-order valence-electron chi connectivity index (χ2n) is 2.11. The van der Waals surface area contributed by atoms with Crippen LogP contribution in [0.4, 0.5) is 10.3 Å². The number of hydrogen-bond acceptors (Lipinski definition) is 5. The Hall–Kier alpha value is -2.25. The molecule has 7 nitrogen and oxygen atoms in total. The molecule has 14 heavy (non-hydrogen) atoms. The van der Waals surface area contributed by atoms with Crippen LogP contribution >= 0.6 is 0 Å². The van der Waals surface area contributed by atoms with Gasteiger partial charge in [-0.2, -0.15) is 0 Å². The maximum Gasteiger partial charge on any atom is 0.396 e. The molecule has 0 aromatic carbocycles. The number of nitrogens with one attached hydrogen (secondary N) is 2. The van der Waals surface area contributed by atoms with Gasteiger partial charge in [0.05, 0.1) is 12.4 Å². The first kappa shape index (κ1) is 9.84. The molecule has 0 radical (unpaired) electrons. The van der Waals surface area contributed by atoms with Gasteiger partial charge in [0.25, 0.3) is 0 Å². The number of carbonyl (C=O) groups excluding carboxylic acids is 1. The number of carbonyl (C=O) groups is 2. The van der Waals surface area contributed by atoms with Crippen molar-refractivity contribution in [3.63, 3.8) is 0 Å². The molecule has 0 saturated heterocycles. The lowest BCUT2D eigenvalue weighted by atomic mass is 10.6. The van der Waals surface area contributed by atoms with Crippen LogP contribution < -0.4 is 10.9 Å². The first-order chi connectivity index (χ1) is 6.59. The zero-order valence-electron chi connectivity index (χ0n) is 6.69. The molecule has 0 aliphatic heterocycles. The third kappa shape index (κ3) is 2.66. The third-order valence-corrected chi connectivity index (χ3v) is 1.10. The van der Waals surface area contributed by atoms with Gasteiger partial charge in [0, 0.05) is 0 Å².